The summed E-state index contributed by atoms with van der Waals surface area (Å²) < 4.78 is 38.0. The Morgan fingerprint density at radius 2 is 1.70 bits per heavy atom. The second-order valence-electron chi connectivity index (χ2n) is 5.61. The molecule has 0 aliphatic rings. The van der Waals surface area contributed by atoms with Crippen LogP contribution >= 0.6 is 11.6 Å². The average Bonchev–Trinajstić information content (AvgIpc) is 2.47. The normalized spacial score (nSPS) is 11.5. The summed E-state index contributed by atoms with van der Waals surface area (Å²) in [4.78, 5) is 11.8. The van der Waals surface area contributed by atoms with Gasteiger partial charge in [-0.2, -0.15) is 13.2 Å². The van der Waals surface area contributed by atoms with E-state index in [1.807, 2.05) is 0 Å². The van der Waals surface area contributed by atoms with Crippen LogP contribution in [0.4, 0.5) is 18.9 Å². The van der Waals surface area contributed by atoms with E-state index in [-0.39, 0.29) is 16.6 Å². The Bertz CT molecular complexity index is 503. The summed E-state index contributed by atoms with van der Waals surface area (Å²) in [5.74, 6) is -0.306. The molecule has 1 aromatic carbocycles. The molecule has 0 saturated carbocycles. The molecule has 0 aromatic heterocycles. The molecule has 0 aliphatic carbocycles. The van der Waals surface area contributed by atoms with Crippen LogP contribution < -0.4 is 5.32 Å². The van der Waals surface area contributed by atoms with Crippen molar-refractivity contribution in [2.75, 3.05) is 5.32 Å². The molecule has 0 spiro atoms. The number of unbranched alkanes of at least 4 members (excludes halogenated alkanes) is 6. The van der Waals surface area contributed by atoms with Crippen LogP contribution in [0.5, 0.6) is 0 Å². The third kappa shape index (κ3) is 7.73. The lowest BCUT2D eigenvalue weighted by Crippen LogP contribution is -2.13. The Balaban J connectivity index is 2.39. The van der Waals surface area contributed by atoms with Crippen LogP contribution in [0.2, 0.25) is 5.02 Å². The van der Waals surface area contributed by atoms with Gasteiger partial charge in [0.15, 0.2) is 0 Å². The molecule has 1 N–H and O–H groups in total. The van der Waals surface area contributed by atoms with Gasteiger partial charge in [0.1, 0.15) is 0 Å². The fourth-order valence-corrected chi connectivity index (χ4v) is 2.42. The molecule has 0 fully saturated rings. The van der Waals surface area contributed by atoms with Crippen LogP contribution in [-0.4, -0.2) is 5.91 Å². The molecule has 0 aliphatic heterocycles. The summed E-state index contributed by atoms with van der Waals surface area (Å²) >= 11 is 5.84. The SMILES string of the molecule is CCCCCCCCCC(=O)Nc1cc(C(F)(F)F)ccc1Cl. The van der Waals surface area contributed by atoms with E-state index in [2.05, 4.69) is 12.2 Å². The van der Waals surface area contributed by atoms with Gasteiger partial charge in [0, 0.05) is 6.42 Å². The van der Waals surface area contributed by atoms with Crippen LogP contribution in [-0.2, 0) is 11.0 Å². The zero-order valence-electron chi connectivity index (χ0n) is 13.3. The maximum Gasteiger partial charge on any atom is 0.416 e. The van der Waals surface area contributed by atoms with Gasteiger partial charge in [-0.15, -0.1) is 0 Å². The molecular formula is C17H23ClF3NO. The zero-order valence-corrected chi connectivity index (χ0v) is 14.1. The van der Waals surface area contributed by atoms with E-state index in [1.165, 1.54) is 19.3 Å². The first-order valence-corrected chi connectivity index (χ1v) is 8.39. The summed E-state index contributed by atoms with van der Waals surface area (Å²) in [6.45, 7) is 2.16. The number of hydrogen-bond acceptors (Lipinski definition) is 1. The first-order chi connectivity index (χ1) is 10.8. The maximum atomic E-state index is 12.7. The monoisotopic (exact) mass is 349 g/mol. The van der Waals surface area contributed by atoms with E-state index < -0.39 is 11.7 Å². The topological polar surface area (TPSA) is 29.1 Å². The van der Waals surface area contributed by atoms with Crippen LogP contribution in [0.15, 0.2) is 18.2 Å². The molecule has 0 heterocycles. The Labute approximate surface area is 140 Å². The van der Waals surface area contributed by atoms with E-state index in [9.17, 15) is 18.0 Å². The summed E-state index contributed by atoms with van der Waals surface area (Å²) in [5.41, 5.74) is -0.817. The molecular weight excluding hydrogens is 327 g/mol. The predicted octanol–water partition coefficient (Wildman–Crippen LogP) is 6.44. The van der Waals surface area contributed by atoms with E-state index >= 15 is 0 Å². The van der Waals surface area contributed by atoms with Crippen LogP contribution in [0, 0.1) is 0 Å². The van der Waals surface area contributed by atoms with E-state index in [1.54, 1.807) is 0 Å². The molecule has 0 atom stereocenters. The first-order valence-electron chi connectivity index (χ1n) is 8.01. The number of carbonyl (C=O) groups excluding carboxylic acids is 1. The minimum atomic E-state index is -4.46. The summed E-state index contributed by atoms with van der Waals surface area (Å²) in [7, 11) is 0. The van der Waals surface area contributed by atoms with Gasteiger partial charge in [-0.3, -0.25) is 4.79 Å². The third-order valence-electron chi connectivity index (χ3n) is 3.58. The van der Waals surface area contributed by atoms with Crippen molar-refractivity contribution in [1.82, 2.24) is 0 Å². The summed E-state index contributed by atoms with van der Waals surface area (Å²) in [6, 6.07) is 2.91. The van der Waals surface area contributed by atoms with Gasteiger partial charge >= 0.3 is 6.18 Å². The Kier molecular flexibility index (Phi) is 8.45. The molecule has 0 radical (unpaired) electrons. The lowest BCUT2D eigenvalue weighted by Gasteiger charge is -2.11. The van der Waals surface area contributed by atoms with Gasteiger partial charge in [0.25, 0.3) is 0 Å². The fraction of sp³-hybridized carbons (Fsp3) is 0.588. The van der Waals surface area contributed by atoms with Crippen molar-refractivity contribution in [3.63, 3.8) is 0 Å². The van der Waals surface area contributed by atoms with Crippen molar-refractivity contribution >= 4 is 23.2 Å². The Morgan fingerprint density at radius 1 is 1.09 bits per heavy atom. The van der Waals surface area contributed by atoms with Gasteiger partial charge in [0.2, 0.25) is 5.91 Å². The van der Waals surface area contributed by atoms with Gasteiger partial charge < -0.3 is 5.32 Å². The zero-order chi connectivity index (χ0) is 17.3. The molecule has 6 heteroatoms. The first kappa shape index (κ1) is 19.8. The second-order valence-corrected chi connectivity index (χ2v) is 6.02. The van der Waals surface area contributed by atoms with Gasteiger partial charge in [-0.25, -0.2) is 0 Å². The number of halogens is 4. The molecule has 1 aromatic rings. The van der Waals surface area contributed by atoms with Crippen LogP contribution in [0.25, 0.3) is 0 Å². The molecule has 0 unspecified atom stereocenters. The highest BCUT2D eigenvalue weighted by Crippen LogP contribution is 2.33. The number of hydrogen-bond donors (Lipinski definition) is 1. The van der Waals surface area contributed by atoms with E-state index in [0.29, 0.717) is 6.42 Å². The number of anilines is 1. The van der Waals surface area contributed by atoms with Gasteiger partial charge in [0.05, 0.1) is 16.3 Å². The van der Waals surface area contributed by atoms with E-state index in [0.717, 1.165) is 43.9 Å². The lowest BCUT2D eigenvalue weighted by atomic mass is 10.1. The molecule has 0 bridgehead atoms. The number of carbonyl (C=O) groups is 1. The quantitative estimate of drug-likeness (QED) is 0.511. The number of rotatable bonds is 9. The standard InChI is InChI=1S/C17H23ClF3NO/c1-2-3-4-5-6-7-8-9-16(23)22-15-12-13(17(19,20)21)10-11-14(15)18/h10-12H,2-9H2,1H3,(H,22,23). The Hall–Kier alpha value is -1.23. The van der Waals surface area contributed by atoms with Crippen molar-refractivity contribution in [2.45, 2.75) is 64.5 Å². The van der Waals surface area contributed by atoms with Gasteiger partial charge in [-0.05, 0) is 24.6 Å². The largest absolute Gasteiger partial charge is 0.416 e. The van der Waals surface area contributed by atoms with Crippen molar-refractivity contribution in [1.29, 1.82) is 0 Å². The highest BCUT2D eigenvalue weighted by Gasteiger charge is 2.31. The van der Waals surface area contributed by atoms with Gasteiger partial charge in [-0.1, -0.05) is 57.0 Å². The summed E-state index contributed by atoms with van der Waals surface area (Å²) in [6.07, 6.45) is 3.40. The molecule has 23 heavy (non-hydrogen) atoms. The molecule has 130 valence electrons. The highest BCUT2D eigenvalue weighted by molar-refractivity contribution is 6.33. The fourth-order valence-electron chi connectivity index (χ4n) is 2.25. The predicted molar refractivity (Wildman–Crippen MR) is 87.7 cm³/mol. The second kappa shape index (κ2) is 9.81. The number of nitrogens with one attached hydrogen (secondary N) is 1. The molecule has 0 saturated heterocycles. The Morgan fingerprint density at radius 3 is 2.30 bits per heavy atom. The van der Waals surface area contributed by atoms with Crippen LogP contribution in [0.3, 0.4) is 0 Å². The highest BCUT2D eigenvalue weighted by atomic mass is 35.5. The third-order valence-corrected chi connectivity index (χ3v) is 3.90. The van der Waals surface area contributed by atoms with Crippen molar-refractivity contribution in [3.8, 4) is 0 Å². The van der Waals surface area contributed by atoms with Crippen molar-refractivity contribution in [2.24, 2.45) is 0 Å². The molecule has 1 amide bonds. The van der Waals surface area contributed by atoms with Crippen molar-refractivity contribution < 1.29 is 18.0 Å². The lowest BCUT2D eigenvalue weighted by molar-refractivity contribution is -0.137. The summed E-state index contributed by atoms with van der Waals surface area (Å²) in [5, 5.41) is 2.57. The van der Waals surface area contributed by atoms with Crippen LogP contribution in [0.1, 0.15) is 63.9 Å². The number of alkyl halides is 3. The maximum absolute atomic E-state index is 12.7. The average molecular weight is 350 g/mol. The number of benzene rings is 1. The number of amides is 1. The minimum absolute atomic E-state index is 0.00874. The van der Waals surface area contributed by atoms with Crippen molar-refractivity contribution in [3.05, 3.63) is 28.8 Å². The molecule has 2 nitrogen and oxygen atoms in total. The smallest absolute Gasteiger partial charge is 0.325 e. The molecule has 1 rings (SSSR count). The minimum Gasteiger partial charge on any atom is -0.325 e. The van der Waals surface area contributed by atoms with E-state index in [4.69, 9.17) is 11.6 Å².